The molecule has 0 saturated heterocycles. The van der Waals surface area contributed by atoms with Crippen LogP contribution in [-0.2, 0) is 9.84 Å². The van der Waals surface area contributed by atoms with E-state index in [9.17, 15) is 13.2 Å². The fourth-order valence-corrected chi connectivity index (χ4v) is 2.37. The van der Waals surface area contributed by atoms with Crippen LogP contribution in [0.2, 0.25) is 0 Å². The number of Topliss-reactive ketones (excluding diaryl/α,β-unsaturated/α-hetero) is 1. The number of carbonyl (C=O) groups excluding carboxylic acids is 1. The summed E-state index contributed by atoms with van der Waals surface area (Å²) in [6, 6.07) is 4.65. The first-order valence-corrected chi connectivity index (χ1v) is 7.05. The van der Waals surface area contributed by atoms with Crippen LogP contribution in [0.3, 0.4) is 0 Å². The van der Waals surface area contributed by atoms with Crippen LogP contribution >= 0.6 is 11.6 Å². The highest BCUT2D eigenvalue weighted by Gasteiger charge is 2.21. The summed E-state index contributed by atoms with van der Waals surface area (Å²) in [6.45, 7) is 3.32. The van der Waals surface area contributed by atoms with Gasteiger partial charge in [-0.3, -0.25) is 4.79 Å². The van der Waals surface area contributed by atoms with Crippen molar-refractivity contribution >= 4 is 27.2 Å². The minimum atomic E-state index is -3.41. The van der Waals surface area contributed by atoms with Gasteiger partial charge in [-0.2, -0.15) is 0 Å². The summed E-state index contributed by atoms with van der Waals surface area (Å²) in [6.07, 6.45) is 1.08. The SMILES string of the molecule is Cc1ccc(S(C)(=O)=O)c(C(=O)C(C)Cl)c1. The summed E-state index contributed by atoms with van der Waals surface area (Å²) >= 11 is 5.69. The fraction of sp³-hybridized carbons (Fsp3) is 0.364. The molecule has 0 aliphatic carbocycles. The van der Waals surface area contributed by atoms with Gasteiger partial charge >= 0.3 is 0 Å². The maximum absolute atomic E-state index is 11.8. The number of aryl methyl sites for hydroxylation is 1. The van der Waals surface area contributed by atoms with Gasteiger partial charge in [-0.25, -0.2) is 8.42 Å². The number of hydrogen-bond acceptors (Lipinski definition) is 3. The van der Waals surface area contributed by atoms with Gasteiger partial charge in [0.15, 0.2) is 15.6 Å². The predicted molar refractivity (Wildman–Crippen MR) is 63.9 cm³/mol. The Balaban J connectivity index is 3.47. The highest BCUT2D eigenvalue weighted by Crippen LogP contribution is 2.20. The van der Waals surface area contributed by atoms with Crippen LogP contribution in [0.5, 0.6) is 0 Å². The largest absolute Gasteiger partial charge is 0.292 e. The minimum absolute atomic E-state index is 0.0376. The molecule has 0 heterocycles. The van der Waals surface area contributed by atoms with Gasteiger partial charge in [0.05, 0.1) is 10.3 Å². The van der Waals surface area contributed by atoms with Crippen molar-refractivity contribution in [3.8, 4) is 0 Å². The number of benzene rings is 1. The molecule has 1 aromatic carbocycles. The molecule has 0 saturated carbocycles. The maximum atomic E-state index is 11.8. The first-order chi connectivity index (χ1) is 7.23. The summed E-state index contributed by atoms with van der Waals surface area (Å²) in [7, 11) is -3.41. The molecule has 88 valence electrons. The Bertz CT molecular complexity index is 518. The zero-order valence-corrected chi connectivity index (χ0v) is 10.9. The van der Waals surface area contributed by atoms with Crippen LogP contribution < -0.4 is 0 Å². The number of carbonyl (C=O) groups is 1. The van der Waals surface area contributed by atoms with Crippen LogP contribution in [0.4, 0.5) is 0 Å². The van der Waals surface area contributed by atoms with Crippen LogP contribution in [0.15, 0.2) is 23.1 Å². The Kier molecular flexibility index (Phi) is 3.76. The fourth-order valence-electron chi connectivity index (χ4n) is 1.37. The number of rotatable bonds is 3. The average Bonchev–Trinajstić information content (AvgIpc) is 2.14. The normalized spacial score (nSPS) is 13.5. The molecule has 0 aliphatic heterocycles. The molecule has 0 bridgehead atoms. The van der Waals surface area contributed by atoms with Gasteiger partial charge in [0.1, 0.15) is 0 Å². The smallest absolute Gasteiger partial charge is 0.181 e. The van der Waals surface area contributed by atoms with Gasteiger partial charge in [0.25, 0.3) is 0 Å². The lowest BCUT2D eigenvalue weighted by molar-refractivity contribution is 0.0988. The first kappa shape index (κ1) is 13.2. The lowest BCUT2D eigenvalue weighted by Gasteiger charge is -2.09. The first-order valence-electron chi connectivity index (χ1n) is 4.72. The third-order valence-electron chi connectivity index (χ3n) is 2.16. The van der Waals surface area contributed by atoms with Gasteiger partial charge in [-0.15, -0.1) is 11.6 Å². The second-order valence-electron chi connectivity index (χ2n) is 3.75. The van der Waals surface area contributed by atoms with Gasteiger partial charge in [0.2, 0.25) is 0 Å². The lowest BCUT2D eigenvalue weighted by Crippen LogP contribution is -2.15. The molecule has 1 rings (SSSR count). The predicted octanol–water partition coefficient (Wildman–Crippen LogP) is 2.21. The molecule has 3 nitrogen and oxygen atoms in total. The van der Waals surface area contributed by atoms with Crippen LogP contribution in [0.25, 0.3) is 0 Å². The molecule has 0 amide bonds. The standard InChI is InChI=1S/C11H13ClO3S/c1-7-4-5-10(16(3,14)15)9(6-7)11(13)8(2)12/h4-6,8H,1-3H3. The average molecular weight is 261 g/mol. The van der Waals surface area contributed by atoms with E-state index < -0.39 is 15.2 Å². The Morgan fingerprint density at radius 2 is 1.94 bits per heavy atom. The molecule has 1 unspecified atom stereocenters. The molecule has 1 atom stereocenters. The van der Waals surface area contributed by atoms with Crippen LogP contribution in [0, 0.1) is 6.92 Å². The molecular weight excluding hydrogens is 248 g/mol. The molecule has 16 heavy (non-hydrogen) atoms. The molecule has 0 aromatic heterocycles. The third kappa shape index (κ3) is 2.83. The van der Waals surface area contributed by atoms with E-state index in [0.717, 1.165) is 11.8 Å². The van der Waals surface area contributed by atoms with Crippen LogP contribution in [0.1, 0.15) is 22.8 Å². The van der Waals surface area contributed by atoms with Crippen molar-refractivity contribution < 1.29 is 13.2 Å². The van der Waals surface area contributed by atoms with E-state index in [-0.39, 0.29) is 16.2 Å². The van der Waals surface area contributed by atoms with E-state index in [4.69, 9.17) is 11.6 Å². The quantitative estimate of drug-likeness (QED) is 0.618. The van der Waals surface area contributed by atoms with E-state index >= 15 is 0 Å². The molecular formula is C11H13ClO3S. The van der Waals surface area contributed by atoms with Gasteiger partial charge in [-0.05, 0) is 26.0 Å². The summed E-state index contributed by atoms with van der Waals surface area (Å²) in [5.74, 6) is -0.370. The summed E-state index contributed by atoms with van der Waals surface area (Å²) in [5.41, 5.74) is 0.998. The van der Waals surface area contributed by atoms with Gasteiger partial charge in [0, 0.05) is 11.8 Å². The maximum Gasteiger partial charge on any atom is 0.181 e. The Hall–Kier alpha value is -0.870. The molecule has 1 aromatic rings. The monoisotopic (exact) mass is 260 g/mol. The van der Waals surface area contributed by atoms with Crippen molar-refractivity contribution in [2.45, 2.75) is 24.1 Å². The number of hydrogen-bond donors (Lipinski definition) is 0. The summed E-state index contributed by atoms with van der Waals surface area (Å²) < 4.78 is 23.0. The van der Waals surface area contributed by atoms with Crippen molar-refractivity contribution in [2.75, 3.05) is 6.26 Å². The topological polar surface area (TPSA) is 51.2 Å². The number of halogens is 1. The van der Waals surface area contributed by atoms with E-state index in [1.165, 1.54) is 13.0 Å². The highest BCUT2D eigenvalue weighted by molar-refractivity contribution is 7.90. The Labute approximate surface area is 100 Å². The van der Waals surface area contributed by atoms with Crippen molar-refractivity contribution in [1.29, 1.82) is 0 Å². The van der Waals surface area contributed by atoms with E-state index in [1.807, 2.05) is 0 Å². The zero-order valence-electron chi connectivity index (χ0n) is 9.32. The highest BCUT2D eigenvalue weighted by atomic mass is 35.5. The number of ketones is 1. The molecule has 0 N–H and O–H groups in total. The Morgan fingerprint density at radius 1 is 1.38 bits per heavy atom. The molecule has 0 fully saturated rings. The third-order valence-corrected chi connectivity index (χ3v) is 3.51. The minimum Gasteiger partial charge on any atom is -0.292 e. The van der Waals surface area contributed by atoms with Gasteiger partial charge in [-0.1, -0.05) is 11.6 Å². The van der Waals surface area contributed by atoms with Gasteiger partial charge < -0.3 is 0 Å². The van der Waals surface area contributed by atoms with E-state index in [2.05, 4.69) is 0 Å². The zero-order chi connectivity index (χ0) is 12.5. The molecule has 0 radical (unpaired) electrons. The Morgan fingerprint density at radius 3 is 2.38 bits per heavy atom. The van der Waals surface area contributed by atoms with Crippen molar-refractivity contribution in [1.82, 2.24) is 0 Å². The molecule has 0 spiro atoms. The van der Waals surface area contributed by atoms with E-state index in [0.29, 0.717) is 0 Å². The lowest BCUT2D eigenvalue weighted by atomic mass is 10.1. The van der Waals surface area contributed by atoms with Crippen molar-refractivity contribution in [2.24, 2.45) is 0 Å². The number of alkyl halides is 1. The van der Waals surface area contributed by atoms with Crippen molar-refractivity contribution in [3.05, 3.63) is 29.3 Å². The molecule has 0 aliphatic rings. The summed E-state index contributed by atoms with van der Waals surface area (Å²) in [5, 5.41) is -0.734. The summed E-state index contributed by atoms with van der Waals surface area (Å²) in [4.78, 5) is 11.8. The van der Waals surface area contributed by atoms with E-state index in [1.54, 1.807) is 19.1 Å². The van der Waals surface area contributed by atoms with Crippen LogP contribution in [-0.4, -0.2) is 25.8 Å². The van der Waals surface area contributed by atoms with Crippen molar-refractivity contribution in [3.63, 3.8) is 0 Å². The molecule has 5 heteroatoms. The second-order valence-corrected chi connectivity index (χ2v) is 6.39. The number of sulfone groups is 1. The second kappa shape index (κ2) is 4.55.